The molecule has 0 aromatic carbocycles. The SMILES string of the molecule is CCOC(=O)c1sc[n+](CC[n+]2csc(C(=O)OCC)c2C)c1C. The van der Waals surface area contributed by atoms with Crippen molar-refractivity contribution in [2.75, 3.05) is 13.2 Å². The summed E-state index contributed by atoms with van der Waals surface area (Å²) in [5.74, 6) is -0.551. The van der Waals surface area contributed by atoms with Crippen molar-refractivity contribution in [2.45, 2.75) is 40.8 Å². The van der Waals surface area contributed by atoms with E-state index in [1.165, 1.54) is 22.7 Å². The quantitative estimate of drug-likeness (QED) is 0.553. The molecule has 0 bridgehead atoms. The zero-order valence-corrected chi connectivity index (χ0v) is 16.0. The summed E-state index contributed by atoms with van der Waals surface area (Å²) < 4.78 is 14.2. The minimum Gasteiger partial charge on any atom is -0.462 e. The van der Waals surface area contributed by atoms with Gasteiger partial charge >= 0.3 is 11.9 Å². The van der Waals surface area contributed by atoms with E-state index in [1.54, 1.807) is 13.8 Å². The van der Waals surface area contributed by atoms with E-state index < -0.39 is 0 Å². The maximum atomic E-state index is 11.9. The Hall–Kier alpha value is -1.80. The normalized spacial score (nSPS) is 10.7. The lowest BCUT2D eigenvalue weighted by molar-refractivity contribution is -0.779. The molecule has 0 aliphatic heterocycles. The van der Waals surface area contributed by atoms with Crippen molar-refractivity contribution in [1.29, 1.82) is 0 Å². The van der Waals surface area contributed by atoms with Crippen LogP contribution in [0.4, 0.5) is 0 Å². The van der Waals surface area contributed by atoms with Crippen molar-refractivity contribution in [3.8, 4) is 0 Å². The Morgan fingerprint density at radius 2 is 1.25 bits per heavy atom. The van der Waals surface area contributed by atoms with E-state index in [4.69, 9.17) is 9.47 Å². The first-order chi connectivity index (χ1) is 11.5. The van der Waals surface area contributed by atoms with Crippen molar-refractivity contribution in [2.24, 2.45) is 0 Å². The van der Waals surface area contributed by atoms with Crippen LogP contribution in [0, 0.1) is 13.8 Å². The minimum atomic E-state index is -0.275. The molecule has 2 rings (SSSR count). The van der Waals surface area contributed by atoms with Gasteiger partial charge < -0.3 is 9.47 Å². The summed E-state index contributed by atoms with van der Waals surface area (Å²) >= 11 is 2.78. The van der Waals surface area contributed by atoms with Crippen LogP contribution < -0.4 is 9.13 Å². The summed E-state index contributed by atoms with van der Waals surface area (Å²) in [7, 11) is 0. The number of carbonyl (C=O) groups excluding carboxylic acids is 2. The highest BCUT2D eigenvalue weighted by Gasteiger charge is 2.26. The van der Waals surface area contributed by atoms with Crippen molar-refractivity contribution in [3.05, 3.63) is 32.2 Å². The van der Waals surface area contributed by atoms with Crippen LogP contribution in [0.1, 0.15) is 44.6 Å². The summed E-state index contributed by atoms with van der Waals surface area (Å²) in [6.07, 6.45) is 0. The van der Waals surface area contributed by atoms with Crippen LogP contribution in [0.25, 0.3) is 0 Å². The van der Waals surface area contributed by atoms with E-state index >= 15 is 0 Å². The maximum absolute atomic E-state index is 11.9. The molecule has 2 aromatic heterocycles. The van der Waals surface area contributed by atoms with E-state index in [-0.39, 0.29) is 11.9 Å². The second-order valence-electron chi connectivity index (χ2n) is 5.10. The third-order valence-electron chi connectivity index (χ3n) is 3.62. The molecule has 0 saturated carbocycles. The third-order valence-corrected chi connectivity index (χ3v) is 5.73. The van der Waals surface area contributed by atoms with Gasteiger partial charge in [-0.25, -0.2) is 9.59 Å². The summed E-state index contributed by atoms with van der Waals surface area (Å²) in [5.41, 5.74) is 5.65. The summed E-state index contributed by atoms with van der Waals surface area (Å²) in [6, 6.07) is 0. The molecule has 0 unspecified atom stereocenters. The average molecular weight is 370 g/mol. The number of ether oxygens (including phenoxy) is 2. The number of esters is 2. The lowest BCUT2D eigenvalue weighted by Gasteiger charge is -1.98. The molecule has 24 heavy (non-hydrogen) atoms. The number of aryl methyl sites for hydroxylation is 2. The Balaban J connectivity index is 2.07. The zero-order chi connectivity index (χ0) is 17.7. The molecule has 0 N–H and O–H groups in total. The van der Waals surface area contributed by atoms with E-state index in [1.807, 2.05) is 34.0 Å². The number of rotatable bonds is 7. The van der Waals surface area contributed by atoms with Crippen LogP contribution in [-0.4, -0.2) is 25.2 Å². The Kier molecular flexibility index (Phi) is 6.44. The lowest BCUT2D eigenvalue weighted by Crippen LogP contribution is -2.45. The fourth-order valence-electron chi connectivity index (χ4n) is 2.26. The minimum absolute atomic E-state index is 0.275. The molecule has 0 aliphatic carbocycles. The van der Waals surface area contributed by atoms with Crippen molar-refractivity contribution in [1.82, 2.24) is 0 Å². The standard InChI is InChI=1S/C16H22N2O4S2/c1-5-21-15(19)13-11(3)17(9-23-13)7-8-18-10-24-14(12(18)4)16(20)22-6-2/h9-10H,5-8H2,1-4H3/q+2. The van der Waals surface area contributed by atoms with Gasteiger partial charge in [0.05, 0.1) is 13.2 Å². The molecule has 0 radical (unpaired) electrons. The highest BCUT2D eigenvalue weighted by atomic mass is 32.1. The highest BCUT2D eigenvalue weighted by Crippen LogP contribution is 2.14. The highest BCUT2D eigenvalue weighted by molar-refractivity contribution is 7.11. The van der Waals surface area contributed by atoms with Crippen LogP contribution in [0.15, 0.2) is 11.0 Å². The van der Waals surface area contributed by atoms with Gasteiger partial charge in [-0.3, -0.25) is 0 Å². The zero-order valence-electron chi connectivity index (χ0n) is 14.3. The van der Waals surface area contributed by atoms with Crippen LogP contribution in [0.5, 0.6) is 0 Å². The molecule has 0 saturated heterocycles. The van der Waals surface area contributed by atoms with Crippen molar-refractivity contribution < 1.29 is 28.2 Å². The van der Waals surface area contributed by atoms with Gasteiger partial charge in [0.15, 0.2) is 9.75 Å². The van der Waals surface area contributed by atoms with Gasteiger partial charge in [-0.15, -0.1) is 0 Å². The fraction of sp³-hybridized carbons (Fsp3) is 0.500. The molecule has 130 valence electrons. The van der Waals surface area contributed by atoms with E-state index in [2.05, 4.69) is 0 Å². The monoisotopic (exact) mass is 370 g/mol. The Morgan fingerprint density at radius 3 is 1.58 bits per heavy atom. The van der Waals surface area contributed by atoms with E-state index in [9.17, 15) is 9.59 Å². The van der Waals surface area contributed by atoms with Crippen molar-refractivity contribution in [3.63, 3.8) is 0 Å². The molecule has 0 fully saturated rings. The summed E-state index contributed by atoms with van der Waals surface area (Å²) in [5, 5.41) is 0. The van der Waals surface area contributed by atoms with E-state index in [0.29, 0.717) is 36.1 Å². The Bertz CT molecular complexity index is 674. The Labute approximate surface area is 149 Å². The van der Waals surface area contributed by atoms with Crippen LogP contribution in [-0.2, 0) is 22.6 Å². The number of thiazole rings is 2. The van der Waals surface area contributed by atoms with Gasteiger partial charge in [0.25, 0.3) is 0 Å². The van der Waals surface area contributed by atoms with Crippen LogP contribution in [0.3, 0.4) is 0 Å². The predicted octanol–water partition coefficient (Wildman–Crippen LogP) is 2.06. The second kappa shape index (κ2) is 8.34. The predicted molar refractivity (Wildman–Crippen MR) is 90.4 cm³/mol. The number of hydrogen-bond acceptors (Lipinski definition) is 6. The molecular formula is C16H22N2O4S2+2. The van der Waals surface area contributed by atoms with E-state index in [0.717, 1.165) is 11.4 Å². The number of hydrogen-bond donors (Lipinski definition) is 0. The Morgan fingerprint density at radius 1 is 0.875 bits per heavy atom. The third kappa shape index (κ3) is 3.99. The van der Waals surface area contributed by atoms with Crippen LogP contribution >= 0.6 is 22.7 Å². The first kappa shape index (κ1) is 18.5. The van der Waals surface area contributed by atoms with Gasteiger partial charge in [0.2, 0.25) is 35.5 Å². The van der Waals surface area contributed by atoms with Crippen molar-refractivity contribution >= 4 is 34.6 Å². The number of carbonyl (C=O) groups is 2. The van der Waals surface area contributed by atoms with Gasteiger partial charge in [-0.05, 0) is 13.8 Å². The van der Waals surface area contributed by atoms with Gasteiger partial charge in [0.1, 0.15) is 0 Å². The second-order valence-corrected chi connectivity index (χ2v) is 6.81. The van der Waals surface area contributed by atoms with Gasteiger partial charge in [0, 0.05) is 13.8 Å². The van der Waals surface area contributed by atoms with Gasteiger partial charge in [-0.2, -0.15) is 9.13 Å². The lowest BCUT2D eigenvalue weighted by atomic mass is 10.3. The molecular weight excluding hydrogens is 348 g/mol. The molecule has 0 spiro atoms. The summed E-state index contributed by atoms with van der Waals surface area (Å²) in [4.78, 5) is 25.0. The average Bonchev–Trinajstić information content (AvgIpc) is 3.09. The molecule has 0 amide bonds. The van der Waals surface area contributed by atoms with Crippen LogP contribution in [0.2, 0.25) is 0 Å². The number of aromatic nitrogens is 2. The topological polar surface area (TPSA) is 60.4 Å². The molecule has 2 aromatic rings. The summed E-state index contributed by atoms with van der Waals surface area (Å²) in [6.45, 7) is 9.60. The fourth-order valence-corrected chi connectivity index (χ4v) is 4.14. The molecule has 2 heterocycles. The smallest absolute Gasteiger partial charge is 0.355 e. The maximum Gasteiger partial charge on any atom is 0.355 e. The molecule has 6 nitrogen and oxygen atoms in total. The number of nitrogens with zero attached hydrogens (tertiary/aromatic N) is 2. The first-order valence-electron chi connectivity index (χ1n) is 7.78. The largest absolute Gasteiger partial charge is 0.462 e. The molecule has 8 heteroatoms. The first-order valence-corrected chi connectivity index (χ1v) is 9.54. The molecule has 0 aliphatic rings. The molecule has 0 atom stereocenters. The van der Waals surface area contributed by atoms with Gasteiger partial charge in [-0.1, -0.05) is 22.7 Å².